The molecule has 1 heterocycles. The number of nitrogens with one attached hydrogen (secondary N) is 1. The van der Waals surface area contributed by atoms with Crippen LogP contribution in [0.3, 0.4) is 0 Å². The summed E-state index contributed by atoms with van der Waals surface area (Å²) >= 11 is 0. The Kier molecular flexibility index (Phi) is 4.04. The maximum absolute atomic E-state index is 12.2. The molecule has 6 heteroatoms. The standard InChI is InChI=1S/C16H17NO4S/c1-12-4-2-3-5-14(12)10-22(18,19)17-9-13-6-7-15-16(8-13)21-11-20-15/h2-8,17H,9-11H2,1H3. The molecule has 0 radical (unpaired) electrons. The second-order valence-electron chi connectivity index (χ2n) is 5.19. The van der Waals surface area contributed by atoms with E-state index in [-0.39, 0.29) is 19.1 Å². The number of rotatable bonds is 5. The molecule has 2 aromatic rings. The Labute approximate surface area is 129 Å². The summed E-state index contributed by atoms with van der Waals surface area (Å²) < 4.78 is 37.5. The van der Waals surface area contributed by atoms with Crippen molar-refractivity contribution in [3.63, 3.8) is 0 Å². The van der Waals surface area contributed by atoms with Crippen LogP contribution in [-0.4, -0.2) is 15.2 Å². The summed E-state index contributed by atoms with van der Waals surface area (Å²) in [5.74, 6) is 1.31. The molecule has 0 bridgehead atoms. The third-order valence-electron chi connectivity index (χ3n) is 3.54. The monoisotopic (exact) mass is 319 g/mol. The van der Waals surface area contributed by atoms with Crippen LogP contribution in [0.25, 0.3) is 0 Å². The molecule has 2 aromatic carbocycles. The molecule has 0 spiro atoms. The van der Waals surface area contributed by atoms with Gasteiger partial charge in [0.25, 0.3) is 0 Å². The summed E-state index contributed by atoms with van der Waals surface area (Å²) in [7, 11) is -3.39. The minimum atomic E-state index is -3.39. The van der Waals surface area contributed by atoms with Crippen LogP contribution < -0.4 is 14.2 Å². The molecule has 0 fully saturated rings. The van der Waals surface area contributed by atoms with Gasteiger partial charge in [0.05, 0.1) is 5.75 Å². The van der Waals surface area contributed by atoms with E-state index in [0.29, 0.717) is 11.5 Å². The van der Waals surface area contributed by atoms with E-state index in [9.17, 15) is 8.42 Å². The first kappa shape index (κ1) is 14.9. The normalized spacial score (nSPS) is 13.3. The van der Waals surface area contributed by atoms with Crippen LogP contribution in [0.15, 0.2) is 42.5 Å². The smallest absolute Gasteiger partial charge is 0.231 e. The van der Waals surface area contributed by atoms with Gasteiger partial charge >= 0.3 is 0 Å². The van der Waals surface area contributed by atoms with Crippen LogP contribution in [0.5, 0.6) is 11.5 Å². The Balaban J connectivity index is 1.66. The summed E-state index contributed by atoms with van der Waals surface area (Å²) in [4.78, 5) is 0. The topological polar surface area (TPSA) is 64.6 Å². The van der Waals surface area contributed by atoms with Crippen molar-refractivity contribution in [2.45, 2.75) is 19.2 Å². The Morgan fingerprint density at radius 2 is 1.86 bits per heavy atom. The van der Waals surface area contributed by atoms with E-state index < -0.39 is 10.0 Å². The van der Waals surface area contributed by atoms with E-state index in [1.807, 2.05) is 37.3 Å². The van der Waals surface area contributed by atoms with Crippen molar-refractivity contribution >= 4 is 10.0 Å². The average molecular weight is 319 g/mol. The van der Waals surface area contributed by atoms with Gasteiger partial charge in [-0.05, 0) is 35.7 Å². The number of ether oxygens (including phenoxy) is 2. The number of benzene rings is 2. The summed E-state index contributed by atoms with van der Waals surface area (Å²) in [5.41, 5.74) is 2.61. The number of sulfonamides is 1. The molecule has 0 saturated carbocycles. The first-order valence-corrected chi connectivity index (χ1v) is 8.59. The van der Waals surface area contributed by atoms with Crippen molar-refractivity contribution in [2.24, 2.45) is 0 Å². The quantitative estimate of drug-likeness (QED) is 0.919. The highest BCUT2D eigenvalue weighted by molar-refractivity contribution is 7.88. The maximum Gasteiger partial charge on any atom is 0.231 e. The minimum Gasteiger partial charge on any atom is -0.454 e. The lowest BCUT2D eigenvalue weighted by Crippen LogP contribution is -2.25. The van der Waals surface area contributed by atoms with E-state index in [0.717, 1.165) is 16.7 Å². The molecule has 0 aliphatic carbocycles. The van der Waals surface area contributed by atoms with E-state index in [1.165, 1.54) is 0 Å². The van der Waals surface area contributed by atoms with E-state index >= 15 is 0 Å². The zero-order valence-electron chi connectivity index (χ0n) is 12.2. The van der Waals surface area contributed by atoms with Gasteiger partial charge < -0.3 is 9.47 Å². The lowest BCUT2D eigenvalue weighted by atomic mass is 10.1. The summed E-state index contributed by atoms with van der Waals surface area (Å²) in [6.07, 6.45) is 0. The predicted octanol–water partition coefficient (Wildman–Crippen LogP) is 2.34. The average Bonchev–Trinajstić information content (AvgIpc) is 2.95. The third-order valence-corrected chi connectivity index (χ3v) is 4.82. The molecular weight excluding hydrogens is 302 g/mol. The molecule has 5 nitrogen and oxygen atoms in total. The van der Waals surface area contributed by atoms with E-state index in [2.05, 4.69) is 4.72 Å². The first-order valence-electron chi connectivity index (χ1n) is 6.94. The van der Waals surface area contributed by atoms with Gasteiger partial charge in [0.2, 0.25) is 16.8 Å². The molecule has 0 aromatic heterocycles. The van der Waals surface area contributed by atoms with Gasteiger partial charge in [-0.3, -0.25) is 0 Å². The molecule has 1 aliphatic heterocycles. The molecule has 1 aliphatic rings. The van der Waals surface area contributed by atoms with Gasteiger partial charge in [-0.2, -0.15) is 0 Å². The largest absolute Gasteiger partial charge is 0.454 e. The lowest BCUT2D eigenvalue weighted by Gasteiger charge is -2.09. The fourth-order valence-electron chi connectivity index (χ4n) is 2.27. The molecule has 0 saturated heterocycles. The van der Waals surface area contributed by atoms with Gasteiger partial charge in [-0.1, -0.05) is 30.3 Å². The van der Waals surface area contributed by atoms with Crippen molar-refractivity contribution in [1.82, 2.24) is 4.72 Å². The zero-order chi connectivity index (χ0) is 15.6. The predicted molar refractivity (Wildman–Crippen MR) is 83.2 cm³/mol. The van der Waals surface area contributed by atoms with E-state index in [4.69, 9.17) is 9.47 Å². The highest BCUT2D eigenvalue weighted by Crippen LogP contribution is 2.32. The Morgan fingerprint density at radius 1 is 1.09 bits per heavy atom. The zero-order valence-corrected chi connectivity index (χ0v) is 13.0. The Bertz CT molecular complexity index is 786. The number of fused-ring (bicyclic) bond motifs is 1. The summed E-state index contributed by atoms with van der Waals surface area (Å²) in [6, 6.07) is 12.9. The fourth-order valence-corrected chi connectivity index (χ4v) is 3.49. The van der Waals surface area contributed by atoms with Crippen LogP contribution in [0, 0.1) is 6.92 Å². The number of aryl methyl sites for hydroxylation is 1. The van der Waals surface area contributed by atoms with Gasteiger partial charge in [0.1, 0.15) is 0 Å². The second-order valence-corrected chi connectivity index (χ2v) is 7.00. The van der Waals surface area contributed by atoms with Crippen molar-refractivity contribution in [3.05, 3.63) is 59.2 Å². The van der Waals surface area contributed by atoms with Crippen LogP contribution in [0.2, 0.25) is 0 Å². The SMILES string of the molecule is Cc1ccccc1CS(=O)(=O)NCc1ccc2c(c1)OCO2. The van der Waals surface area contributed by atoms with Gasteiger partial charge in [-0.25, -0.2) is 13.1 Å². The molecule has 3 rings (SSSR count). The highest BCUT2D eigenvalue weighted by Gasteiger charge is 2.16. The molecule has 0 unspecified atom stereocenters. The van der Waals surface area contributed by atoms with Crippen molar-refractivity contribution < 1.29 is 17.9 Å². The Hall–Kier alpha value is -2.05. The van der Waals surface area contributed by atoms with Crippen molar-refractivity contribution in [2.75, 3.05) is 6.79 Å². The molecule has 116 valence electrons. The summed E-state index contributed by atoms with van der Waals surface area (Å²) in [6.45, 7) is 2.34. The minimum absolute atomic E-state index is 0.0236. The van der Waals surface area contributed by atoms with Crippen LogP contribution in [0.1, 0.15) is 16.7 Å². The molecular formula is C16H17NO4S. The lowest BCUT2D eigenvalue weighted by molar-refractivity contribution is 0.174. The van der Waals surface area contributed by atoms with Crippen molar-refractivity contribution in [1.29, 1.82) is 0 Å². The van der Waals surface area contributed by atoms with Crippen LogP contribution in [-0.2, 0) is 22.3 Å². The first-order chi connectivity index (χ1) is 10.5. The molecule has 0 amide bonds. The van der Waals surface area contributed by atoms with Gasteiger partial charge in [-0.15, -0.1) is 0 Å². The molecule has 0 atom stereocenters. The van der Waals surface area contributed by atoms with Crippen LogP contribution in [0.4, 0.5) is 0 Å². The third kappa shape index (κ3) is 3.40. The van der Waals surface area contributed by atoms with Gasteiger partial charge in [0, 0.05) is 6.54 Å². The fraction of sp³-hybridized carbons (Fsp3) is 0.250. The number of hydrogen-bond donors (Lipinski definition) is 1. The second kappa shape index (κ2) is 5.98. The molecule has 1 N–H and O–H groups in total. The Morgan fingerprint density at radius 3 is 2.68 bits per heavy atom. The van der Waals surface area contributed by atoms with Crippen LogP contribution >= 0.6 is 0 Å². The number of hydrogen-bond acceptors (Lipinski definition) is 4. The van der Waals surface area contributed by atoms with Crippen molar-refractivity contribution in [3.8, 4) is 11.5 Å². The summed E-state index contributed by atoms with van der Waals surface area (Å²) in [5, 5.41) is 0. The molecule has 22 heavy (non-hydrogen) atoms. The van der Waals surface area contributed by atoms with Gasteiger partial charge in [0.15, 0.2) is 11.5 Å². The van der Waals surface area contributed by atoms with E-state index in [1.54, 1.807) is 12.1 Å². The maximum atomic E-state index is 12.2. The highest BCUT2D eigenvalue weighted by atomic mass is 32.2.